The number of aliphatic carboxylic acids is 1. The van der Waals surface area contributed by atoms with E-state index >= 15 is 0 Å². The molecule has 0 aliphatic heterocycles. The normalized spacial score (nSPS) is 10.1. The number of carbonyl (C=O) groups is 2. The summed E-state index contributed by atoms with van der Waals surface area (Å²) in [4.78, 5) is 22.0. The highest BCUT2D eigenvalue weighted by atomic mass is 127. The van der Waals surface area contributed by atoms with Crippen LogP contribution in [-0.2, 0) is 9.53 Å². The second-order valence-corrected chi connectivity index (χ2v) is 4.78. The number of carboxylic acids is 1. The molecule has 0 aromatic heterocycles. The summed E-state index contributed by atoms with van der Waals surface area (Å²) in [5.41, 5.74) is 1.56. The van der Waals surface area contributed by atoms with E-state index in [-0.39, 0.29) is 25.7 Å². The van der Waals surface area contributed by atoms with Gasteiger partial charge in [0, 0.05) is 15.7 Å². The van der Waals surface area contributed by atoms with Gasteiger partial charge in [0.25, 0.3) is 5.91 Å². The Morgan fingerprint density at radius 2 is 2.17 bits per heavy atom. The van der Waals surface area contributed by atoms with E-state index in [0.717, 1.165) is 9.13 Å². The van der Waals surface area contributed by atoms with Gasteiger partial charge in [-0.2, -0.15) is 0 Å². The number of halogens is 1. The number of hydrogen-bond donors (Lipinski definition) is 2. The zero-order chi connectivity index (χ0) is 13.5. The minimum atomic E-state index is -1.02. The number of carboxylic acid groups (broad SMARTS) is 1. The van der Waals surface area contributed by atoms with E-state index in [1.54, 1.807) is 6.07 Å². The second-order valence-electron chi connectivity index (χ2n) is 3.61. The predicted octanol–water partition coefficient (Wildman–Crippen LogP) is 1.43. The van der Waals surface area contributed by atoms with Gasteiger partial charge < -0.3 is 15.2 Å². The van der Waals surface area contributed by atoms with E-state index in [9.17, 15) is 9.59 Å². The predicted molar refractivity (Wildman–Crippen MR) is 74.7 cm³/mol. The molecular weight excluding hydrogens is 349 g/mol. The molecule has 0 atom stereocenters. The molecule has 0 radical (unpaired) electrons. The van der Waals surface area contributed by atoms with Gasteiger partial charge in [-0.3, -0.25) is 4.79 Å². The van der Waals surface area contributed by atoms with Crippen molar-refractivity contribution in [3.05, 3.63) is 32.9 Å². The lowest BCUT2D eigenvalue weighted by Crippen LogP contribution is -2.28. The highest BCUT2D eigenvalue weighted by molar-refractivity contribution is 14.1. The van der Waals surface area contributed by atoms with Crippen LogP contribution in [0.25, 0.3) is 0 Å². The van der Waals surface area contributed by atoms with Crippen molar-refractivity contribution >= 4 is 34.5 Å². The van der Waals surface area contributed by atoms with E-state index in [1.807, 2.05) is 19.1 Å². The number of amides is 1. The topological polar surface area (TPSA) is 75.6 Å². The number of ether oxygens (including phenoxy) is 1. The van der Waals surface area contributed by atoms with Crippen LogP contribution in [-0.4, -0.2) is 36.7 Å². The molecule has 0 aliphatic rings. The van der Waals surface area contributed by atoms with Crippen LogP contribution in [0.5, 0.6) is 0 Å². The Hall–Kier alpha value is -1.15. The fraction of sp³-hybridized carbons (Fsp3) is 0.333. The van der Waals surface area contributed by atoms with Crippen LogP contribution in [0.4, 0.5) is 0 Å². The van der Waals surface area contributed by atoms with Crippen molar-refractivity contribution in [3.63, 3.8) is 0 Å². The van der Waals surface area contributed by atoms with Crippen LogP contribution in [0.3, 0.4) is 0 Å². The van der Waals surface area contributed by atoms with Gasteiger partial charge in [-0.25, -0.2) is 4.79 Å². The maximum Gasteiger partial charge on any atom is 0.329 e. The third kappa shape index (κ3) is 4.61. The van der Waals surface area contributed by atoms with Gasteiger partial charge in [-0.15, -0.1) is 0 Å². The largest absolute Gasteiger partial charge is 0.480 e. The van der Waals surface area contributed by atoms with E-state index < -0.39 is 5.97 Å². The summed E-state index contributed by atoms with van der Waals surface area (Å²) in [6.45, 7) is 2.01. The summed E-state index contributed by atoms with van der Waals surface area (Å²) in [6, 6.07) is 5.51. The highest BCUT2D eigenvalue weighted by Crippen LogP contribution is 2.15. The molecular formula is C12H14INO4. The summed E-state index contributed by atoms with van der Waals surface area (Å²) >= 11 is 2.17. The van der Waals surface area contributed by atoms with Crippen LogP contribution >= 0.6 is 22.6 Å². The summed E-state index contributed by atoms with van der Waals surface area (Å²) in [5.74, 6) is -1.19. The second kappa shape index (κ2) is 7.32. The van der Waals surface area contributed by atoms with Gasteiger partial charge in [0.1, 0.15) is 6.61 Å². The molecule has 0 aliphatic carbocycles. The van der Waals surface area contributed by atoms with Gasteiger partial charge in [0.15, 0.2) is 0 Å². The molecule has 0 spiro atoms. The van der Waals surface area contributed by atoms with Gasteiger partial charge in [0.05, 0.1) is 6.61 Å². The smallest absolute Gasteiger partial charge is 0.329 e. The third-order valence-corrected chi connectivity index (χ3v) is 3.44. The Kier molecular flexibility index (Phi) is 6.06. The molecule has 98 valence electrons. The zero-order valence-corrected chi connectivity index (χ0v) is 12.1. The van der Waals surface area contributed by atoms with E-state index in [2.05, 4.69) is 27.9 Å². The number of carbonyl (C=O) groups excluding carboxylic acids is 1. The molecule has 1 aromatic rings. The van der Waals surface area contributed by atoms with Gasteiger partial charge >= 0.3 is 5.97 Å². The number of benzene rings is 1. The van der Waals surface area contributed by atoms with Crippen LogP contribution in [0.1, 0.15) is 15.9 Å². The molecule has 0 fully saturated rings. The third-order valence-electron chi connectivity index (χ3n) is 2.27. The lowest BCUT2D eigenvalue weighted by molar-refractivity contribution is -0.142. The Labute approximate surface area is 119 Å². The molecule has 1 rings (SSSR count). The summed E-state index contributed by atoms with van der Waals surface area (Å²) < 4.78 is 5.85. The quantitative estimate of drug-likeness (QED) is 0.592. The van der Waals surface area contributed by atoms with Crippen molar-refractivity contribution in [3.8, 4) is 0 Å². The average molecular weight is 363 g/mol. The van der Waals surface area contributed by atoms with Gasteiger partial charge in [0.2, 0.25) is 0 Å². The maximum absolute atomic E-state index is 11.8. The monoisotopic (exact) mass is 363 g/mol. The fourth-order valence-corrected chi connectivity index (χ4v) is 1.84. The average Bonchev–Trinajstić information content (AvgIpc) is 2.31. The van der Waals surface area contributed by atoms with Crippen molar-refractivity contribution in [1.82, 2.24) is 5.32 Å². The Morgan fingerprint density at radius 3 is 2.83 bits per heavy atom. The standard InChI is InChI=1S/C12H14INO4/c1-8-9(3-2-4-10(8)13)12(17)14-5-6-18-7-11(15)16/h2-4H,5-7H2,1H3,(H,14,17)(H,15,16). The van der Waals surface area contributed by atoms with E-state index in [1.165, 1.54) is 0 Å². The highest BCUT2D eigenvalue weighted by Gasteiger charge is 2.09. The fourth-order valence-electron chi connectivity index (χ4n) is 1.34. The van der Waals surface area contributed by atoms with Crippen molar-refractivity contribution in [1.29, 1.82) is 0 Å². The summed E-state index contributed by atoms with van der Waals surface area (Å²) in [6.07, 6.45) is 0. The first-order valence-corrected chi connectivity index (χ1v) is 6.43. The SMILES string of the molecule is Cc1c(I)cccc1C(=O)NCCOCC(=O)O. The van der Waals surface area contributed by atoms with Crippen LogP contribution in [0.15, 0.2) is 18.2 Å². The van der Waals surface area contributed by atoms with Gasteiger partial charge in [-0.05, 0) is 47.2 Å². The first-order valence-electron chi connectivity index (χ1n) is 5.35. The molecule has 1 amide bonds. The van der Waals surface area contributed by atoms with E-state index in [4.69, 9.17) is 9.84 Å². The number of hydrogen-bond acceptors (Lipinski definition) is 3. The maximum atomic E-state index is 11.8. The van der Waals surface area contributed by atoms with Crippen LogP contribution in [0.2, 0.25) is 0 Å². The molecule has 0 heterocycles. The first kappa shape index (κ1) is 14.9. The molecule has 6 heteroatoms. The zero-order valence-electron chi connectivity index (χ0n) is 9.90. The molecule has 1 aromatic carbocycles. The Morgan fingerprint density at radius 1 is 1.44 bits per heavy atom. The van der Waals surface area contributed by atoms with Crippen molar-refractivity contribution in [2.75, 3.05) is 19.8 Å². The minimum Gasteiger partial charge on any atom is -0.480 e. The lowest BCUT2D eigenvalue weighted by atomic mass is 10.1. The van der Waals surface area contributed by atoms with E-state index in [0.29, 0.717) is 5.56 Å². The number of nitrogens with one attached hydrogen (secondary N) is 1. The lowest BCUT2D eigenvalue weighted by Gasteiger charge is -2.08. The molecule has 0 bridgehead atoms. The number of rotatable bonds is 6. The molecule has 0 unspecified atom stereocenters. The van der Waals surface area contributed by atoms with Gasteiger partial charge in [-0.1, -0.05) is 6.07 Å². The summed E-state index contributed by atoms with van der Waals surface area (Å²) in [5, 5.41) is 11.0. The van der Waals surface area contributed by atoms with Crippen molar-refractivity contribution in [2.45, 2.75) is 6.92 Å². The Bertz CT molecular complexity index is 448. The Balaban J connectivity index is 2.41. The molecule has 18 heavy (non-hydrogen) atoms. The van der Waals surface area contributed by atoms with Crippen molar-refractivity contribution in [2.24, 2.45) is 0 Å². The molecule has 0 saturated carbocycles. The van der Waals surface area contributed by atoms with Crippen LogP contribution < -0.4 is 5.32 Å². The van der Waals surface area contributed by atoms with Crippen LogP contribution in [0, 0.1) is 10.5 Å². The minimum absolute atomic E-state index is 0.176. The first-order chi connectivity index (χ1) is 8.52. The molecule has 5 nitrogen and oxygen atoms in total. The summed E-state index contributed by atoms with van der Waals surface area (Å²) in [7, 11) is 0. The van der Waals surface area contributed by atoms with Crippen molar-refractivity contribution < 1.29 is 19.4 Å². The molecule has 0 saturated heterocycles. The molecule has 2 N–H and O–H groups in total.